The molecule has 0 amide bonds. The van der Waals surface area contributed by atoms with Gasteiger partial charge in [0.25, 0.3) is 0 Å². The van der Waals surface area contributed by atoms with Crippen LogP contribution in [0.15, 0.2) is 44.6 Å². The first-order valence-corrected chi connectivity index (χ1v) is 7.16. The maximum atomic E-state index is 3.40. The van der Waals surface area contributed by atoms with Crippen molar-refractivity contribution in [1.29, 1.82) is 0 Å². The molecule has 2 aliphatic rings. The molecule has 0 saturated carbocycles. The van der Waals surface area contributed by atoms with Crippen LogP contribution in [-0.4, -0.2) is 0 Å². The molecule has 0 aliphatic heterocycles. The first-order valence-electron chi connectivity index (χ1n) is 7.16. The van der Waals surface area contributed by atoms with E-state index in [1.165, 1.54) is 44.6 Å². The largest absolute Gasteiger partial charge is 0.102 e. The first-order chi connectivity index (χ1) is 9.45. The van der Waals surface area contributed by atoms with Gasteiger partial charge in [0, 0.05) is 29.6 Å². The zero-order valence-electron chi connectivity index (χ0n) is 13.4. The molecule has 0 aromatic carbocycles. The summed E-state index contributed by atoms with van der Waals surface area (Å²) in [4.78, 5) is 0. The summed E-state index contributed by atoms with van der Waals surface area (Å²) in [6, 6.07) is 0. The normalized spacial score (nSPS) is 18.5. The highest BCUT2D eigenvalue weighted by Gasteiger charge is 2.17. The standard InChI is InChI=1S/C20H22/c1-7-8-18-12-20(17(6)16(18)5)10-9-19-11-13(2)14(3)15(19)4/h11-12H2,1-6H3. The Bertz CT molecular complexity index is 707. The van der Waals surface area contributed by atoms with Gasteiger partial charge in [0.2, 0.25) is 0 Å². The molecular formula is C20H22. The Kier molecular flexibility index (Phi) is 4.06. The highest BCUT2D eigenvalue weighted by Crippen LogP contribution is 2.33. The van der Waals surface area contributed by atoms with E-state index in [0.717, 1.165) is 12.8 Å². The van der Waals surface area contributed by atoms with Crippen molar-refractivity contribution < 1.29 is 0 Å². The number of hydrogen-bond acceptors (Lipinski definition) is 0. The third kappa shape index (κ3) is 2.52. The molecule has 0 heterocycles. The Morgan fingerprint density at radius 1 is 0.600 bits per heavy atom. The van der Waals surface area contributed by atoms with Crippen LogP contribution in [0.25, 0.3) is 0 Å². The third-order valence-corrected chi connectivity index (χ3v) is 4.56. The predicted octanol–water partition coefficient (Wildman–Crippen LogP) is 5.11. The Hall–Kier alpha value is -1.92. The summed E-state index contributed by atoms with van der Waals surface area (Å²) in [5, 5.41) is 0. The zero-order valence-corrected chi connectivity index (χ0v) is 13.4. The fourth-order valence-corrected chi connectivity index (χ4v) is 2.69. The highest BCUT2D eigenvalue weighted by molar-refractivity contribution is 5.60. The highest BCUT2D eigenvalue weighted by atomic mass is 14.2. The Morgan fingerprint density at radius 3 is 1.50 bits per heavy atom. The van der Waals surface area contributed by atoms with Crippen molar-refractivity contribution in [2.45, 2.75) is 54.4 Å². The van der Waals surface area contributed by atoms with Crippen molar-refractivity contribution >= 4 is 0 Å². The lowest BCUT2D eigenvalue weighted by molar-refractivity contribution is 1.19. The predicted molar refractivity (Wildman–Crippen MR) is 86.9 cm³/mol. The van der Waals surface area contributed by atoms with Gasteiger partial charge >= 0.3 is 0 Å². The molecule has 0 unspecified atom stereocenters. The van der Waals surface area contributed by atoms with Gasteiger partial charge in [-0.2, -0.15) is 0 Å². The zero-order chi connectivity index (χ0) is 14.9. The fourth-order valence-electron chi connectivity index (χ4n) is 2.69. The van der Waals surface area contributed by atoms with E-state index in [4.69, 9.17) is 0 Å². The Morgan fingerprint density at radius 2 is 1.05 bits per heavy atom. The monoisotopic (exact) mass is 262 g/mol. The van der Waals surface area contributed by atoms with Crippen molar-refractivity contribution in [2.75, 3.05) is 0 Å². The van der Waals surface area contributed by atoms with Crippen LogP contribution in [0, 0.1) is 23.7 Å². The van der Waals surface area contributed by atoms with E-state index in [0.29, 0.717) is 0 Å². The molecular weight excluding hydrogens is 240 g/mol. The number of hydrogen-bond donors (Lipinski definition) is 0. The van der Waals surface area contributed by atoms with E-state index in [9.17, 15) is 0 Å². The number of allylic oxidation sites excluding steroid dienone is 8. The topological polar surface area (TPSA) is 0 Å². The summed E-state index contributed by atoms with van der Waals surface area (Å²) in [6.07, 6.45) is 1.92. The van der Waals surface area contributed by atoms with Crippen LogP contribution in [0.2, 0.25) is 0 Å². The minimum atomic E-state index is 0.906. The molecule has 0 fully saturated rings. The molecule has 0 aromatic rings. The second-order valence-corrected chi connectivity index (χ2v) is 5.69. The summed E-state index contributed by atoms with van der Waals surface area (Å²) in [5.41, 5.74) is 10.6. The van der Waals surface area contributed by atoms with Crippen LogP contribution in [0.4, 0.5) is 0 Å². The van der Waals surface area contributed by atoms with Crippen molar-refractivity contribution in [3.8, 4) is 23.7 Å². The van der Waals surface area contributed by atoms with Crippen LogP contribution < -0.4 is 0 Å². The van der Waals surface area contributed by atoms with Crippen LogP contribution in [-0.2, 0) is 0 Å². The minimum Gasteiger partial charge on any atom is -0.102 e. The van der Waals surface area contributed by atoms with Gasteiger partial charge in [0.1, 0.15) is 0 Å². The van der Waals surface area contributed by atoms with Gasteiger partial charge < -0.3 is 0 Å². The van der Waals surface area contributed by atoms with Gasteiger partial charge in [-0.1, -0.05) is 23.3 Å². The Labute approximate surface area is 123 Å². The van der Waals surface area contributed by atoms with Gasteiger partial charge in [-0.25, -0.2) is 0 Å². The van der Waals surface area contributed by atoms with Crippen LogP contribution >= 0.6 is 0 Å². The van der Waals surface area contributed by atoms with Gasteiger partial charge in [0.05, 0.1) is 0 Å². The second kappa shape index (κ2) is 5.60. The molecule has 2 rings (SSSR count). The quantitative estimate of drug-likeness (QED) is 0.532. The molecule has 0 aromatic heterocycles. The molecule has 0 nitrogen and oxygen atoms in total. The summed E-state index contributed by atoms with van der Waals surface area (Å²) in [6.45, 7) is 12.8. The maximum Gasteiger partial charge on any atom is 0.0140 e. The Balaban J connectivity index is 2.24. The van der Waals surface area contributed by atoms with Gasteiger partial charge in [-0.3, -0.25) is 0 Å². The maximum absolute atomic E-state index is 3.40. The van der Waals surface area contributed by atoms with Crippen LogP contribution in [0.5, 0.6) is 0 Å². The summed E-state index contributed by atoms with van der Waals surface area (Å²) in [7, 11) is 0. The van der Waals surface area contributed by atoms with E-state index in [2.05, 4.69) is 58.3 Å². The van der Waals surface area contributed by atoms with Gasteiger partial charge in [-0.05, 0) is 63.8 Å². The smallest absolute Gasteiger partial charge is 0.0140 e. The van der Waals surface area contributed by atoms with E-state index in [1.807, 2.05) is 6.92 Å². The summed E-state index contributed by atoms with van der Waals surface area (Å²) >= 11 is 0. The van der Waals surface area contributed by atoms with Gasteiger partial charge in [-0.15, -0.1) is 5.92 Å². The summed E-state index contributed by atoms with van der Waals surface area (Å²) < 4.78 is 0. The third-order valence-electron chi connectivity index (χ3n) is 4.56. The molecule has 2 aliphatic carbocycles. The fraction of sp³-hybridized carbons (Fsp3) is 0.400. The first kappa shape index (κ1) is 14.5. The average Bonchev–Trinajstić information content (AvgIpc) is 2.82. The number of rotatable bonds is 0. The average molecular weight is 262 g/mol. The summed E-state index contributed by atoms with van der Waals surface area (Å²) in [5.74, 6) is 13.0. The van der Waals surface area contributed by atoms with Crippen LogP contribution in [0.3, 0.4) is 0 Å². The second-order valence-electron chi connectivity index (χ2n) is 5.69. The molecule has 0 atom stereocenters. The van der Waals surface area contributed by atoms with Crippen molar-refractivity contribution in [1.82, 2.24) is 0 Å². The van der Waals surface area contributed by atoms with Crippen molar-refractivity contribution in [3.63, 3.8) is 0 Å². The molecule has 0 radical (unpaired) electrons. The lowest BCUT2D eigenvalue weighted by Crippen LogP contribution is -1.82. The lowest BCUT2D eigenvalue weighted by atomic mass is 10.1. The molecule has 102 valence electrons. The molecule has 0 spiro atoms. The van der Waals surface area contributed by atoms with Gasteiger partial charge in [0.15, 0.2) is 0 Å². The van der Waals surface area contributed by atoms with E-state index < -0.39 is 0 Å². The van der Waals surface area contributed by atoms with E-state index >= 15 is 0 Å². The molecule has 0 saturated heterocycles. The SMILES string of the molecule is CC#CC1=C(C)C(C)=C(C#CC2=C(C)C(C)=C(C)C2)C1. The molecule has 0 bridgehead atoms. The van der Waals surface area contributed by atoms with Crippen molar-refractivity contribution in [3.05, 3.63) is 44.6 Å². The lowest BCUT2D eigenvalue weighted by Gasteiger charge is -1.97. The van der Waals surface area contributed by atoms with Crippen LogP contribution in [0.1, 0.15) is 54.4 Å². The van der Waals surface area contributed by atoms with Crippen molar-refractivity contribution in [2.24, 2.45) is 0 Å². The molecule has 0 N–H and O–H groups in total. The van der Waals surface area contributed by atoms with E-state index in [-0.39, 0.29) is 0 Å². The molecule has 0 heteroatoms. The van der Waals surface area contributed by atoms with E-state index in [1.54, 1.807) is 0 Å². The minimum absolute atomic E-state index is 0.906. The molecule has 20 heavy (non-hydrogen) atoms.